The van der Waals surface area contributed by atoms with Gasteiger partial charge in [-0.2, -0.15) is 4.52 Å². The van der Waals surface area contributed by atoms with Gasteiger partial charge in [0, 0.05) is 36.9 Å². The van der Waals surface area contributed by atoms with E-state index < -0.39 is 0 Å². The van der Waals surface area contributed by atoms with Crippen LogP contribution in [0.3, 0.4) is 0 Å². The highest BCUT2D eigenvalue weighted by Crippen LogP contribution is 2.40. The van der Waals surface area contributed by atoms with Crippen molar-refractivity contribution in [1.29, 1.82) is 0 Å². The number of furan rings is 1. The van der Waals surface area contributed by atoms with E-state index in [4.69, 9.17) is 16.0 Å². The fourth-order valence-electron chi connectivity index (χ4n) is 3.86. The van der Waals surface area contributed by atoms with E-state index in [-0.39, 0.29) is 11.9 Å². The van der Waals surface area contributed by atoms with Gasteiger partial charge in [0.1, 0.15) is 17.6 Å². The number of rotatable bonds is 4. The molecule has 0 radical (unpaired) electrons. The van der Waals surface area contributed by atoms with Crippen LogP contribution >= 0.6 is 22.9 Å². The van der Waals surface area contributed by atoms with Crippen LogP contribution in [-0.4, -0.2) is 50.8 Å². The quantitative estimate of drug-likeness (QED) is 0.529. The SMILES string of the molecule is Cc1nc2sc([C@@H](c3ccco3)N3CCN(c4cccc(Cl)c4)CC3)c(O)n2n1. The predicted octanol–water partition coefficient (Wildman–Crippen LogP) is 3.96. The summed E-state index contributed by atoms with van der Waals surface area (Å²) in [5.74, 6) is 1.57. The van der Waals surface area contributed by atoms with Gasteiger partial charge in [0.15, 0.2) is 0 Å². The molecule has 0 aliphatic carbocycles. The lowest BCUT2D eigenvalue weighted by molar-refractivity contribution is 0.191. The van der Waals surface area contributed by atoms with E-state index in [1.54, 1.807) is 6.26 Å². The lowest BCUT2D eigenvalue weighted by Gasteiger charge is -2.39. The predicted molar refractivity (Wildman–Crippen MR) is 113 cm³/mol. The van der Waals surface area contributed by atoms with Gasteiger partial charge in [0.05, 0.1) is 11.1 Å². The van der Waals surface area contributed by atoms with Crippen molar-refractivity contribution in [2.45, 2.75) is 13.0 Å². The fourth-order valence-corrected chi connectivity index (χ4v) is 5.19. The first-order valence-electron chi connectivity index (χ1n) is 9.43. The standard InChI is InChI=1S/C20H20ClN5O2S/c1-13-22-20-26(23-13)19(27)18(29-20)17(16-6-3-11-28-16)25-9-7-24(8-10-25)15-5-2-4-14(21)12-15/h2-6,11-12,17,27H,7-10H2,1H3/t17-/m1/s1. The molecule has 1 aliphatic rings. The first kappa shape index (κ1) is 18.5. The van der Waals surface area contributed by atoms with Crippen molar-refractivity contribution in [3.8, 4) is 5.88 Å². The van der Waals surface area contributed by atoms with Gasteiger partial charge in [-0.25, -0.2) is 4.98 Å². The minimum absolute atomic E-state index is 0.129. The topological polar surface area (TPSA) is 70.0 Å². The molecule has 1 N–H and O–H groups in total. The van der Waals surface area contributed by atoms with Crippen molar-refractivity contribution < 1.29 is 9.52 Å². The van der Waals surface area contributed by atoms with Crippen LogP contribution in [0, 0.1) is 6.92 Å². The first-order chi connectivity index (χ1) is 14.1. The summed E-state index contributed by atoms with van der Waals surface area (Å²) in [5, 5.41) is 15.9. The third-order valence-corrected chi connectivity index (χ3v) is 6.53. The summed E-state index contributed by atoms with van der Waals surface area (Å²) in [6, 6.07) is 11.6. The Hall–Kier alpha value is -2.55. The van der Waals surface area contributed by atoms with Crippen molar-refractivity contribution in [1.82, 2.24) is 19.5 Å². The zero-order chi connectivity index (χ0) is 20.0. The molecule has 0 bridgehead atoms. The molecule has 1 fully saturated rings. The molecule has 5 rings (SSSR count). The van der Waals surface area contributed by atoms with Gasteiger partial charge >= 0.3 is 0 Å². The van der Waals surface area contributed by atoms with E-state index in [1.807, 2.05) is 37.3 Å². The Kier molecular flexibility index (Phi) is 4.69. The normalized spacial score (nSPS) is 16.6. The molecule has 0 unspecified atom stereocenters. The van der Waals surface area contributed by atoms with Crippen LogP contribution in [0.4, 0.5) is 5.69 Å². The van der Waals surface area contributed by atoms with Crippen LogP contribution in [0.1, 0.15) is 22.5 Å². The Morgan fingerprint density at radius 2 is 2.00 bits per heavy atom. The number of hydrogen-bond donors (Lipinski definition) is 1. The van der Waals surface area contributed by atoms with E-state index in [2.05, 4.69) is 25.9 Å². The lowest BCUT2D eigenvalue weighted by Crippen LogP contribution is -2.47. The first-order valence-corrected chi connectivity index (χ1v) is 10.6. The van der Waals surface area contributed by atoms with Crippen molar-refractivity contribution in [3.63, 3.8) is 0 Å². The number of anilines is 1. The van der Waals surface area contributed by atoms with Crippen LogP contribution in [0.5, 0.6) is 5.88 Å². The van der Waals surface area contributed by atoms with Gasteiger partial charge in [-0.3, -0.25) is 4.90 Å². The number of thiazole rings is 1. The number of aromatic nitrogens is 3. The van der Waals surface area contributed by atoms with Gasteiger partial charge in [-0.15, -0.1) is 5.10 Å². The smallest absolute Gasteiger partial charge is 0.230 e. The summed E-state index contributed by atoms with van der Waals surface area (Å²) in [5.41, 5.74) is 1.13. The minimum atomic E-state index is -0.180. The molecule has 150 valence electrons. The second-order valence-corrected chi connectivity index (χ2v) is 8.51. The van der Waals surface area contributed by atoms with Gasteiger partial charge in [0.25, 0.3) is 0 Å². The Labute approximate surface area is 176 Å². The number of halogens is 1. The molecule has 0 amide bonds. The average Bonchev–Trinajstić information content (AvgIpc) is 3.43. The summed E-state index contributed by atoms with van der Waals surface area (Å²) in [7, 11) is 0. The van der Waals surface area contributed by atoms with Crippen LogP contribution < -0.4 is 4.90 Å². The molecule has 4 aromatic rings. The third-order valence-electron chi connectivity index (χ3n) is 5.22. The maximum atomic E-state index is 10.8. The zero-order valence-corrected chi connectivity index (χ0v) is 17.4. The second kappa shape index (κ2) is 7.37. The Morgan fingerprint density at radius 1 is 1.17 bits per heavy atom. The molecule has 3 aromatic heterocycles. The van der Waals surface area contributed by atoms with Gasteiger partial charge in [-0.05, 0) is 37.3 Å². The number of benzene rings is 1. The minimum Gasteiger partial charge on any atom is -0.492 e. The molecule has 0 spiro atoms. The van der Waals surface area contributed by atoms with Crippen LogP contribution in [0.25, 0.3) is 4.96 Å². The molecular formula is C20H20ClN5O2S. The van der Waals surface area contributed by atoms with Gasteiger partial charge < -0.3 is 14.4 Å². The highest BCUT2D eigenvalue weighted by atomic mass is 35.5. The van der Waals surface area contributed by atoms with Gasteiger partial charge in [-0.1, -0.05) is 29.0 Å². The highest BCUT2D eigenvalue weighted by Gasteiger charge is 2.33. The number of hydrogen-bond acceptors (Lipinski definition) is 7. The summed E-state index contributed by atoms with van der Waals surface area (Å²) in [6.07, 6.45) is 1.67. The van der Waals surface area contributed by atoms with Gasteiger partial charge in [0.2, 0.25) is 10.8 Å². The van der Waals surface area contributed by atoms with Crippen LogP contribution in [-0.2, 0) is 0 Å². The average molecular weight is 430 g/mol. The van der Waals surface area contributed by atoms with E-state index in [1.165, 1.54) is 15.9 Å². The zero-order valence-electron chi connectivity index (χ0n) is 15.8. The van der Waals surface area contributed by atoms with Crippen LogP contribution in [0.2, 0.25) is 5.02 Å². The monoisotopic (exact) mass is 429 g/mol. The Morgan fingerprint density at radius 3 is 2.69 bits per heavy atom. The second-order valence-electron chi connectivity index (χ2n) is 7.06. The number of piperazine rings is 1. The molecular weight excluding hydrogens is 410 g/mol. The van der Waals surface area contributed by atoms with E-state index in [0.29, 0.717) is 10.8 Å². The van der Waals surface area contributed by atoms with Crippen molar-refractivity contribution in [2.24, 2.45) is 0 Å². The molecule has 0 saturated carbocycles. The molecule has 29 heavy (non-hydrogen) atoms. The van der Waals surface area contributed by atoms with E-state index in [0.717, 1.165) is 47.5 Å². The number of aryl methyl sites for hydroxylation is 1. The van der Waals surface area contributed by atoms with Crippen molar-refractivity contribution >= 4 is 33.6 Å². The maximum absolute atomic E-state index is 10.8. The number of fused-ring (bicyclic) bond motifs is 1. The van der Waals surface area contributed by atoms with Crippen molar-refractivity contribution in [3.05, 3.63) is 64.1 Å². The molecule has 9 heteroatoms. The largest absolute Gasteiger partial charge is 0.492 e. The van der Waals surface area contributed by atoms with E-state index in [9.17, 15) is 5.11 Å². The molecule has 7 nitrogen and oxygen atoms in total. The third kappa shape index (κ3) is 3.37. The van der Waals surface area contributed by atoms with Crippen molar-refractivity contribution in [2.75, 3.05) is 31.1 Å². The fraction of sp³-hybridized carbons (Fsp3) is 0.300. The number of aromatic hydroxyl groups is 1. The maximum Gasteiger partial charge on any atom is 0.230 e. The summed E-state index contributed by atoms with van der Waals surface area (Å²) in [4.78, 5) is 10.5. The summed E-state index contributed by atoms with van der Waals surface area (Å²) < 4.78 is 7.26. The van der Waals surface area contributed by atoms with Crippen LogP contribution in [0.15, 0.2) is 47.1 Å². The highest BCUT2D eigenvalue weighted by molar-refractivity contribution is 7.17. The summed E-state index contributed by atoms with van der Waals surface area (Å²) in [6.45, 7) is 5.18. The molecule has 1 atom stereocenters. The molecule has 1 aliphatic heterocycles. The molecule has 1 saturated heterocycles. The molecule has 1 aromatic carbocycles. The molecule has 4 heterocycles. The van der Waals surface area contributed by atoms with E-state index >= 15 is 0 Å². The Balaban J connectivity index is 1.44. The lowest BCUT2D eigenvalue weighted by atomic mass is 10.1. The Bertz CT molecular complexity index is 1130. The number of nitrogens with zero attached hydrogens (tertiary/aromatic N) is 5. The summed E-state index contributed by atoms with van der Waals surface area (Å²) >= 11 is 7.61.